The number of H-pyrrole nitrogens is 1. The molecule has 0 saturated heterocycles. The van der Waals surface area contributed by atoms with E-state index in [-0.39, 0.29) is 16.1 Å². The number of fused-ring (bicyclic) bond motifs is 1. The van der Waals surface area contributed by atoms with E-state index in [1.807, 2.05) is 0 Å². The van der Waals surface area contributed by atoms with Gasteiger partial charge in [0.05, 0.1) is 22.3 Å². The second kappa shape index (κ2) is 7.36. The monoisotopic (exact) mass is 410 g/mol. The number of aromatic amines is 1. The minimum atomic E-state index is -4.07. The van der Waals surface area contributed by atoms with Crippen molar-refractivity contribution in [1.82, 2.24) is 10.2 Å². The number of para-hydroxylation sites is 1. The van der Waals surface area contributed by atoms with Gasteiger partial charge in [0.15, 0.2) is 0 Å². The minimum absolute atomic E-state index is 0.147. The zero-order chi connectivity index (χ0) is 20.4. The Labute approximate surface area is 165 Å². The average molecular weight is 410 g/mol. The van der Waals surface area contributed by atoms with Crippen molar-refractivity contribution in [2.24, 2.45) is 0 Å². The van der Waals surface area contributed by atoms with Crippen LogP contribution in [0.3, 0.4) is 0 Å². The number of nitrogens with one attached hydrogen (secondary N) is 3. The number of amides is 1. The van der Waals surface area contributed by atoms with E-state index < -0.39 is 21.7 Å². The molecule has 29 heavy (non-hydrogen) atoms. The van der Waals surface area contributed by atoms with Gasteiger partial charge in [-0.3, -0.25) is 14.6 Å². The molecule has 0 bridgehead atoms. The molecule has 0 unspecified atom stereocenters. The van der Waals surface area contributed by atoms with Crippen molar-refractivity contribution in [3.05, 3.63) is 84.3 Å². The maximum absolute atomic E-state index is 13.8. The van der Waals surface area contributed by atoms with Crippen molar-refractivity contribution in [1.29, 1.82) is 0 Å². The van der Waals surface area contributed by atoms with Crippen molar-refractivity contribution in [3.63, 3.8) is 0 Å². The molecule has 0 saturated carbocycles. The van der Waals surface area contributed by atoms with E-state index in [0.717, 1.165) is 17.0 Å². The largest absolute Gasteiger partial charge is 0.322 e. The van der Waals surface area contributed by atoms with Crippen molar-refractivity contribution in [2.45, 2.75) is 4.90 Å². The van der Waals surface area contributed by atoms with E-state index >= 15 is 0 Å². The summed E-state index contributed by atoms with van der Waals surface area (Å²) in [6, 6.07) is 16.2. The van der Waals surface area contributed by atoms with Crippen LogP contribution in [0.1, 0.15) is 10.4 Å². The summed E-state index contributed by atoms with van der Waals surface area (Å²) in [5.41, 5.74) is 1.35. The highest BCUT2D eigenvalue weighted by Crippen LogP contribution is 2.21. The lowest BCUT2D eigenvalue weighted by Gasteiger charge is -2.10. The van der Waals surface area contributed by atoms with E-state index in [1.54, 1.807) is 24.4 Å². The van der Waals surface area contributed by atoms with Gasteiger partial charge in [0, 0.05) is 16.6 Å². The molecule has 0 aliphatic rings. The molecule has 0 aliphatic carbocycles. The van der Waals surface area contributed by atoms with E-state index in [4.69, 9.17) is 0 Å². The molecule has 1 amide bonds. The van der Waals surface area contributed by atoms with Crippen LogP contribution in [-0.2, 0) is 10.0 Å². The van der Waals surface area contributed by atoms with Gasteiger partial charge in [-0.2, -0.15) is 5.10 Å². The van der Waals surface area contributed by atoms with E-state index in [0.29, 0.717) is 5.69 Å². The highest BCUT2D eigenvalue weighted by atomic mass is 32.2. The Morgan fingerprint density at radius 3 is 2.66 bits per heavy atom. The zero-order valence-corrected chi connectivity index (χ0v) is 15.7. The summed E-state index contributed by atoms with van der Waals surface area (Å²) in [7, 11) is -4.07. The molecule has 146 valence electrons. The lowest BCUT2D eigenvalue weighted by atomic mass is 10.2. The maximum atomic E-state index is 13.8. The molecule has 4 rings (SSSR count). The molecular formula is C20H15FN4O3S. The summed E-state index contributed by atoms with van der Waals surface area (Å²) in [6.07, 6.45) is 1.63. The summed E-state index contributed by atoms with van der Waals surface area (Å²) in [5, 5.41) is 10.3. The molecular weight excluding hydrogens is 395 g/mol. The van der Waals surface area contributed by atoms with Crippen LogP contribution in [0.15, 0.2) is 77.8 Å². The summed E-state index contributed by atoms with van der Waals surface area (Å²) >= 11 is 0. The normalized spacial score (nSPS) is 11.3. The van der Waals surface area contributed by atoms with Gasteiger partial charge in [-0.05, 0) is 48.5 Å². The second-order valence-corrected chi connectivity index (χ2v) is 7.92. The molecule has 3 aromatic carbocycles. The van der Waals surface area contributed by atoms with Crippen LogP contribution >= 0.6 is 0 Å². The number of anilines is 2. The third-order valence-corrected chi connectivity index (χ3v) is 5.59. The minimum Gasteiger partial charge on any atom is -0.322 e. The molecule has 7 nitrogen and oxygen atoms in total. The Kier molecular flexibility index (Phi) is 4.73. The number of carbonyl (C=O) groups excluding carboxylic acids is 1. The topological polar surface area (TPSA) is 104 Å². The average Bonchev–Trinajstić information content (AvgIpc) is 3.17. The molecule has 0 fully saturated rings. The number of hydrogen-bond donors (Lipinski definition) is 3. The predicted molar refractivity (Wildman–Crippen MR) is 108 cm³/mol. The van der Waals surface area contributed by atoms with Gasteiger partial charge >= 0.3 is 0 Å². The predicted octanol–water partition coefficient (Wildman–Crippen LogP) is 3.76. The second-order valence-electron chi connectivity index (χ2n) is 6.24. The number of aromatic nitrogens is 2. The standard InChI is InChI=1S/C20H15FN4O3S/c21-17-6-1-2-7-19(17)25-29(27,28)16-5-3-4-13(11-16)20(26)23-15-8-9-18-14(10-15)12-22-24-18/h1-12,25H,(H,22,24)(H,23,26). The number of rotatable bonds is 5. The number of nitrogens with zero attached hydrogens (tertiary/aromatic N) is 1. The first kappa shape index (κ1) is 18.6. The molecule has 3 N–H and O–H groups in total. The van der Waals surface area contributed by atoms with Gasteiger partial charge in [0.1, 0.15) is 5.82 Å². The van der Waals surface area contributed by atoms with E-state index in [2.05, 4.69) is 20.2 Å². The highest BCUT2D eigenvalue weighted by molar-refractivity contribution is 7.92. The first-order valence-electron chi connectivity index (χ1n) is 8.54. The lowest BCUT2D eigenvalue weighted by molar-refractivity contribution is 0.102. The van der Waals surface area contributed by atoms with Crippen molar-refractivity contribution in [3.8, 4) is 0 Å². The number of hydrogen-bond acceptors (Lipinski definition) is 4. The fraction of sp³-hybridized carbons (Fsp3) is 0. The van der Waals surface area contributed by atoms with Gasteiger partial charge in [-0.1, -0.05) is 18.2 Å². The Hall–Kier alpha value is -3.72. The van der Waals surface area contributed by atoms with Crippen LogP contribution in [0.5, 0.6) is 0 Å². The molecule has 0 atom stereocenters. The van der Waals surface area contributed by atoms with Gasteiger partial charge in [-0.15, -0.1) is 0 Å². The van der Waals surface area contributed by atoms with Crippen molar-refractivity contribution >= 4 is 38.2 Å². The molecule has 0 radical (unpaired) electrons. The fourth-order valence-electron chi connectivity index (χ4n) is 2.78. The number of benzene rings is 3. The smallest absolute Gasteiger partial charge is 0.262 e. The first-order chi connectivity index (χ1) is 13.9. The van der Waals surface area contributed by atoms with Crippen LogP contribution in [0, 0.1) is 5.82 Å². The van der Waals surface area contributed by atoms with Crippen LogP contribution in [-0.4, -0.2) is 24.5 Å². The summed E-state index contributed by atoms with van der Waals surface area (Å²) < 4.78 is 41.1. The number of halogens is 1. The highest BCUT2D eigenvalue weighted by Gasteiger charge is 2.18. The SMILES string of the molecule is O=C(Nc1ccc2[nH]ncc2c1)c1cccc(S(=O)(=O)Nc2ccccc2F)c1. The Bertz CT molecular complexity index is 1320. The van der Waals surface area contributed by atoms with Gasteiger partial charge < -0.3 is 5.32 Å². The molecule has 9 heteroatoms. The molecule has 0 aliphatic heterocycles. The quantitative estimate of drug-likeness (QED) is 0.466. The lowest BCUT2D eigenvalue weighted by Crippen LogP contribution is -2.16. The summed E-state index contributed by atoms with van der Waals surface area (Å²) in [4.78, 5) is 12.4. The van der Waals surface area contributed by atoms with E-state index in [1.165, 1.54) is 42.5 Å². The van der Waals surface area contributed by atoms with Gasteiger partial charge in [0.25, 0.3) is 15.9 Å². The molecule has 4 aromatic rings. The van der Waals surface area contributed by atoms with Gasteiger partial charge in [0.2, 0.25) is 0 Å². The molecule has 0 spiro atoms. The Morgan fingerprint density at radius 1 is 1.00 bits per heavy atom. The third kappa shape index (κ3) is 3.94. The van der Waals surface area contributed by atoms with Crippen LogP contribution in [0.25, 0.3) is 10.9 Å². The summed E-state index contributed by atoms with van der Waals surface area (Å²) in [5.74, 6) is -1.17. The van der Waals surface area contributed by atoms with Crippen molar-refractivity contribution < 1.29 is 17.6 Å². The number of sulfonamides is 1. The van der Waals surface area contributed by atoms with Crippen LogP contribution in [0.4, 0.5) is 15.8 Å². The van der Waals surface area contributed by atoms with Crippen LogP contribution in [0.2, 0.25) is 0 Å². The van der Waals surface area contributed by atoms with Crippen molar-refractivity contribution in [2.75, 3.05) is 10.0 Å². The fourth-order valence-corrected chi connectivity index (χ4v) is 3.89. The zero-order valence-electron chi connectivity index (χ0n) is 14.9. The Morgan fingerprint density at radius 2 is 1.83 bits per heavy atom. The molecule has 1 aromatic heterocycles. The van der Waals surface area contributed by atoms with E-state index in [9.17, 15) is 17.6 Å². The number of carbonyl (C=O) groups is 1. The Balaban J connectivity index is 1.57. The van der Waals surface area contributed by atoms with Gasteiger partial charge in [-0.25, -0.2) is 12.8 Å². The third-order valence-electron chi connectivity index (χ3n) is 4.22. The summed E-state index contributed by atoms with van der Waals surface area (Å²) in [6.45, 7) is 0. The first-order valence-corrected chi connectivity index (χ1v) is 10.0. The molecule has 1 heterocycles. The maximum Gasteiger partial charge on any atom is 0.262 e. The van der Waals surface area contributed by atoms with Crippen LogP contribution < -0.4 is 10.0 Å².